The second-order valence-electron chi connectivity index (χ2n) is 3.35. The Bertz CT molecular complexity index is 330. The predicted molar refractivity (Wildman–Crippen MR) is 63.7 cm³/mol. The number of carbonyl (C=O) groups excluding carboxylic acids is 1. The van der Waals surface area contributed by atoms with Gasteiger partial charge >= 0.3 is 0 Å². The standard InChI is InChI=1S/C9H13N3OS.ClH/c10-5-8(13)12-9-11-6-3-1-2-4-7(6)14-9;/h1-5,10H2,(H,11,12,13);1H. The van der Waals surface area contributed by atoms with Gasteiger partial charge in [-0.3, -0.25) is 4.79 Å². The van der Waals surface area contributed by atoms with Crippen LogP contribution in [0.4, 0.5) is 5.13 Å². The first-order chi connectivity index (χ1) is 6.79. The largest absolute Gasteiger partial charge is 0.322 e. The maximum Gasteiger partial charge on any atom is 0.239 e. The first-order valence-corrected chi connectivity index (χ1v) is 5.59. The van der Waals surface area contributed by atoms with E-state index < -0.39 is 0 Å². The molecule has 1 heterocycles. The summed E-state index contributed by atoms with van der Waals surface area (Å²) in [5.74, 6) is -0.170. The molecule has 0 fully saturated rings. The van der Waals surface area contributed by atoms with Gasteiger partial charge in [0.05, 0.1) is 12.2 Å². The predicted octanol–water partition coefficient (Wildman–Crippen LogP) is 1.34. The summed E-state index contributed by atoms with van der Waals surface area (Å²) in [7, 11) is 0. The van der Waals surface area contributed by atoms with Crippen molar-refractivity contribution in [3.63, 3.8) is 0 Å². The molecule has 1 aromatic rings. The molecule has 0 spiro atoms. The molecule has 0 unspecified atom stereocenters. The van der Waals surface area contributed by atoms with Crippen LogP contribution in [0.3, 0.4) is 0 Å². The molecule has 3 N–H and O–H groups in total. The number of nitrogens with one attached hydrogen (secondary N) is 1. The molecular weight excluding hydrogens is 234 g/mol. The third-order valence-corrected chi connectivity index (χ3v) is 3.35. The zero-order valence-electron chi connectivity index (χ0n) is 8.28. The van der Waals surface area contributed by atoms with Gasteiger partial charge in [-0.05, 0) is 25.7 Å². The number of anilines is 1. The normalized spacial score (nSPS) is 13.9. The minimum Gasteiger partial charge on any atom is -0.322 e. The van der Waals surface area contributed by atoms with E-state index in [-0.39, 0.29) is 24.9 Å². The van der Waals surface area contributed by atoms with Crippen LogP contribution in [0.15, 0.2) is 0 Å². The number of aromatic nitrogens is 1. The number of halogens is 1. The van der Waals surface area contributed by atoms with Crippen LogP contribution in [0, 0.1) is 0 Å². The van der Waals surface area contributed by atoms with Gasteiger partial charge in [0.15, 0.2) is 5.13 Å². The van der Waals surface area contributed by atoms with Gasteiger partial charge in [-0.25, -0.2) is 4.98 Å². The van der Waals surface area contributed by atoms with Gasteiger partial charge in [-0.1, -0.05) is 0 Å². The highest BCUT2D eigenvalue weighted by molar-refractivity contribution is 7.15. The molecule has 2 rings (SSSR count). The number of carbonyl (C=O) groups is 1. The van der Waals surface area contributed by atoms with Crippen LogP contribution in [0.25, 0.3) is 0 Å². The first kappa shape index (κ1) is 12.4. The molecule has 6 heteroatoms. The Morgan fingerprint density at radius 1 is 1.47 bits per heavy atom. The molecule has 1 aromatic heterocycles. The summed E-state index contributed by atoms with van der Waals surface area (Å²) in [5, 5.41) is 3.39. The van der Waals surface area contributed by atoms with Crippen molar-refractivity contribution in [1.82, 2.24) is 4.98 Å². The third-order valence-electron chi connectivity index (χ3n) is 2.28. The lowest BCUT2D eigenvalue weighted by atomic mass is 10.0. The van der Waals surface area contributed by atoms with Gasteiger partial charge in [0.1, 0.15) is 0 Å². The summed E-state index contributed by atoms with van der Waals surface area (Å²) < 4.78 is 0. The topological polar surface area (TPSA) is 68.0 Å². The van der Waals surface area contributed by atoms with Gasteiger partial charge in [-0.2, -0.15) is 0 Å². The molecule has 0 bridgehead atoms. The Hall–Kier alpha value is -0.650. The van der Waals surface area contributed by atoms with E-state index in [1.807, 2.05) is 0 Å². The Balaban J connectivity index is 0.00000112. The lowest BCUT2D eigenvalue weighted by Crippen LogP contribution is -2.21. The molecule has 0 saturated carbocycles. The minimum atomic E-state index is -0.170. The van der Waals surface area contributed by atoms with E-state index in [1.54, 1.807) is 11.3 Å². The van der Waals surface area contributed by atoms with Crippen LogP contribution in [0.1, 0.15) is 23.4 Å². The summed E-state index contributed by atoms with van der Waals surface area (Å²) in [6.07, 6.45) is 4.59. The van der Waals surface area contributed by atoms with Crippen molar-refractivity contribution >= 4 is 34.8 Å². The number of fused-ring (bicyclic) bond motifs is 1. The van der Waals surface area contributed by atoms with E-state index in [9.17, 15) is 4.79 Å². The smallest absolute Gasteiger partial charge is 0.239 e. The van der Waals surface area contributed by atoms with Crippen molar-refractivity contribution in [3.8, 4) is 0 Å². The zero-order valence-corrected chi connectivity index (χ0v) is 9.92. The van der Waals surface area contributed by atoms with Crippen molar-refractivity contribution in [2.75, 3.05) is 11.9 Å². The number of nitrogens with zero attached hydrogens (tertiary/aromatic N) is 1. The van der Waals surface area contributed by atoms with Gasteiger partial charge in [0, 0.05) is 4.88 Å². The molecular formula is C9H14ClN3OS. The summed E-state index contributed by atoms with van der Waals surface area (Å²) in [6, 6.07) is 0. The average molecular weight is 248 g/mol. The molecule has 0 saturated heterocycles. The molecule has 1 aliphatic rings. The van der Waals surface area contributed by atoms with Gasteiger partial charge < -0.3 is 11.1 Å². The Morgan fingerprint density at radius 2 is 2.20 bits per heavy atom. The van der Waals surface area contributed by atoms with Crippen LogP contribution in [-0.4, -0.2) is 17.4 Å². The Labute approximate surface area is 98.7 Å². The van der Waals surface area contributed by atoms with Crippen molar-refractivity contribution in [1.29, 1.82) is 0 Å². The first-order valence-electron chi connectivity index (χ1n) is 4.78. The number of thiazole rings is 1. The van der Waals surface area contributed by atoms with Crippen molar-refractivity contribution < 1.29 is 4.79 Å². The minimum absolute atomic E-state index is 0. The summed E-state index contributed by atoms with van der Waals surface area (Å²) in [4.78, 5) is 16.7. The van der Waals surface area contributed by atoms with Crippen molar-refractivity contribution in [3.05, 3.63) is 10.6 Å². The molecule has 84 valence electrons. The number of hydrogen-bond acceptors (Lipinski definition) is 4. The van der Waals surface area contributed by atoms with Gasteiger partial charge in [0.25, 0.3) is 0 Å². The Morgan fingerprint density at radius 3 is 2.87 bits per heavy atom. The lowest BCUT2D eigenvalue weighted by molar-refractivity contribution is -0.114. The molecule has 0 aromatic carbocycles. The number of hydrogen-bond donors (Lipinski definition) is 2. The summed E-state index contributed by atoms with van der Waals surface area (Å²) >= 11 is 1.58. The van der Waals surface area contributed by atoms with Crippen LogP contribution in [-0.2, 0) is 17.6 Å². The quantitative estimate of drug-likeness (QED) is 0.829. The van der Waals surface area contributed by atoms with Crippen LogP contribution in [0.5, 0.6) is 0 Å². The molecule has 1 amide bonds. The fourth-order valence-corrected chi connectivity index (χ4v) is 2.64. The fraction of sp³-hybridized carbons (Fsp3) is 0.556. The van der Waals surface area contributed by atoms with E-state index >= 15 is 0 Å². The number of nitrogens with two attached hydrogens (primary N) is 1. The molecule has 0 aliphatic heterocycles. The van der Waals surface area contributed by atoms with Crippen LogP contribution in [0.2, 0.25) is 0 Å². The molecule has 15 heavy (non-hydrogen) atoms. The van der Waals surface area contributed by atoms with E-state index in [0.717, 1.165) is 18.5 Å². The second-order valence-corrected chi connectivity index (χ2v) is 4.43. The van der Waals surface area contributed by atoms with E-state index in [0.29, 0.717) is 5.13 Å². The molecule has 1 aliphatic carbocycles. The van der Waals surface area contributed by atoms with Crippen molar-refractivity contribution in [2.45, 2.75) is 25.7 Å². The van der Waals surface area contributed by atoms with Gasteiger partial charge in [-0.15, -0.1) is 23.7 Å². The summed E-state index contributed by atoms with van der Waals surface area (Å²) in [5.41, 5.74) is 6.37. The number of aryl methyl sites for hydroxylation is 2. The third kappa shape index (κ3) is 2.90. The van der Waals surface area contributed by atoms with E-state index in [2.05, 4.69) is 10.3 Å². The second kappa shape index (κ2) is 5.44. The lowest BCUT2D eigenvalue weighted by Gasteiger charge is -2.06. The van der Waals surface area contributed by atoms with Crippen LogP contribution >= 0.6 is 23.7 Å². The monoisotopic (exact) mass is 247 g/mol. The molecule has 0 atom stereocenters. The summed E-state index contributed by atoms with van der Waals surface area (Å²) in [6.45, 7) is 0.0181. The highest BCUT2D eigenvalue weighted by Crippen LogP contribution is 2.29. The van der Waals surface area contributed by atoms with Crippen LogP contribution < -0.4 is 11.1 Å². The maximum atomic E-state index is 11.0. The highest BCUT2D eigenvalue weighted by atomic mass is 35.5. The van der Waals surface area contributed by atoms with E-state index in [4.69, 9.17) is 5.73 Å². The number of amides is 1. The SMILES string of the molecule is Cl.NCC(=O)Nc1nc2c(s1)CCCC2. The van der Waals surface area contributed by atoms with Gasteiger partial charge in [0.2, 0.25) is 5.91 Å². The molecule has 4 nitrogen and oxygen atoms in total. The van der Waals surface area contributed by atoms with E-state index in [1.165, 1.54) is 17.7 Å². The zero-order chi connectivity index (χ0) is 9.97. The highest BCUT2D eigenvalue weighted by Gasteiger charge is 2.15. The van der Waals surface area contributed by atoms with Crippen molar-refractivity contribution in [2.24, 2.45) is 5.73 Å². The molecule has 0 radical (unpaired) electrons. The average Bonchev–Trinajstić information content (AvgIpc) is 2.59. The Kier molecular flexibility index (Phi) is 4.50. The number of rotatable bonds is 2. The fourth-order valence-electron chi connectivity index (χ4n) is 1.58. The maximum absolute atomic E-state index is 11.0.